The fourth-order valence-corrected chi connectivity index (χ4v) is 2.29. The van der Waals surface area contributed by atoms with Gasteiger partial charge in [-0.1, -0.05) is 24.3 Å². The third-order valence-corrected chi connectivity index (χ3v) is 3.43. The van der Waals surface area contributed by atoms with Crippen molar-refractivity contribution in [2.24, 2.45) is 0 Å². The molecular weight excluding hydrogens is 262 g/mol. The van der Waals surface area contributed by atoms with E-state index in [2.05, 4.69) is 29.6 Å². The minimum atomic E-state index is 0.711. The van der Waals surface area contributed by atoms with Crippen LogP contribution >= 0.6 is 0 Å². The quantitative estimate of drug-likeness (QED) is 0.756. The van der Waals surface area contributed by atoms with Crippen LogP contribution in [0.4, 0.5) is 0 Å². The van der Waals surface area contributed by atoms with Crippen molar-refractivity contribution in [1.82, 2.24) is 0 Å². The lowest BCUT2D eigenvalue weighted by molar-refractivity contribution is -0.670. The average Bonchev–Trinajstić information content (AvgIpc) is 2.54. The van der Waals surface area contributed by atoms with Crippen LogP contribution in [0.25, 0.3) is 0 Å². The van der Waals surface area contributed by atoms with Gasteiger partial charge in [-0.3, -0.25) is 0 Å². The Kier molecular flexibility index (Phi) is 6.10. The third kappa shape index (κ3) is 4.80. The predicted octanol–water partition coefficient (Wildman–Crippen LogP) is 2.40. The van der Waals surface area contributed by atoms with Crippen LogP contribution in [0.1, 0.15) is 18.1 Å². The highest BCUT2D eigenvalue weighted by Gasteiger charge is 2.04. The van der Waals surface area contributed by atoms with E-state index < -0.39 is 0 Å². The van der Waals surface area contributed by atoms with Gasteiger partial charge < -0.3 is 14.8 Å². The largest absolute Gasteiger partial charge is 0.497 e. The second-order valence-corrected chi connectivity index (χ2v) is 4.92. The second kappa shape index (κ2) is 8.32. The molecule has 0 aliphatic rings. The summed E-state index contributed by atoms with van der Waals surface area (Å²) in [5.41, 5.74) is 2.60. The molecule has 0 aliphatic carbocycles. The van der Waals surface area contributed by atoms with E-state index >= 15 is 0 Å². The number of benzene rings is 2. The van der Waals surface area contributed by atoms with Crippen molar-refractivity contribution < 1.29 is 14.8 Å². The van der Waals surface area contributed by atoms with Crippen molar-refractivity contribution in [3.63, 3.8) is 0 Å². The molecule has 3 heteroatoms. The number of hydrogen-bond donors (Lipinski definition) is 1. The summed E-state index contributed by atoms with van der Waals surface area (Å²) in [6, 6.07) is 16.5. The van der Waals surface area contributed by atoms with Gasteiger partial charge in [-0.05, 0) is 36.8 Å². The summed E-state index contributed by atoms with van der Waals surface area (Å²) in [5.74, 6) is 1.91. The Balaban J connectivity index is 1.79. The van der Waals surface area contributed by atoms with E-state index in [0.29, 0.717) is 6.61 Å². The van der Waals surface area contributed by atoms with E-state index in [1.165, 1.54) is 11.1 Å². The first-order valence-electron chi connectivity index (χ1n) is 7.48. The molecule has 0 aliphatic heterocycles. The molecule has 0 amide bonds. The Labute approximate surface area is 126 Å². The fraction of sp³-hybridized carbons (Fsp3) is 0.333. The summed E-state index contributed by atoms with van der Waals surface area (Å²) in [4.78, 5) is 0. The molecule has 0 unspecified atom stereocenters. The molecule has 2 N–H and O–H groups in total. The average molecular weight is 286 g/mol. The number of hydrogen-bond acceptors (Lipinski definition) is 2. The maximum absolute atomic E-state index is 5.64. The van der Waals surface area contributed by atoms with Gasteiger partial charge in [0, 0.05) is 12.0 Å². The van der Waals surface area contributed by atoms with Crippen molar-refractivity contribution in [2.75, 3.05) is 20.3 Å². The smallest absolute Gasteiger partial charge is 0.128 e. The van der Waals surface area contributed by atoms with Crippen LogP contribution in [0.2, 0.25) is 0 Å². The fourth-order valence-electron chi connectivity index (χ4n) is 2.29. The molecular formula is C18H24NO2+. The Morgan fingerprint density at radius 2 is 1.76 bits per heavy atom. The van der Waals surface area contributed by atoms with Gasteiger partial charge in [0.1, 0.15) is 18.0 Å². The molecule has 2 aromatic rings. The molecule has 0 saturated heterocycles. The Morgan fingerprint density at radius 1 is 1.00 bits per heavy atom. The van der Waals surface area contributed by atoms with Gasteiger partial charge in [0.2, 0.25) is 0 Å². The van der Waals surface area contributed by atoms with Gasteiger partial charge in [-0.2, -0.15) is 0 Å². The molecule has 0 radical (unpaired) electrons. The normalized spacial score (nSPS) is 10.4. The zero-order valence-corrected chi connectivity index (χ0v) is 12.8. The Hall–Kier alpha value is -2.00. The highest BCUT2D eigenvalue weighted by Crippen LogP contribution is 2.16. The Morgan fingerprint density at radius 3 is 2.48 bits per heavy atom. The van der Waals surface area contributed by atoms with Crippen LogP contribution in [0.5, 0.6) is 11.5 Å². The van der Waals surface area contributed by atoms with E-state index in [-0.39, 0.29) is 0 Å². The summed E-state index contributed by atoms with van der Waals surface area (Å²) in [6.07, 6.45) is 1.06. The molecule has 2 aromatic carbocycles. The SMILES string of the molecule is CCOc1ccccc1C[NH2+]CCc1ccc(OC)cc1. The monoisotopic (exact) mass is 286 g/mol. The first kappa shape index (κ1) is 15.4. The van der Waals surface area contributed by atoms with Crippen LogP contribution < -0.4 is 14.8 Å². The molecule has 0 fully saturated rings. The lowest BCUT2D eigenvalue weighted by Crippen LogP contribution is -2.83. The molecule has 0 aromatic heterocycles. The van der Waals surface area contributed by atoms with Gasteiger partial charge >= 0.3 is 0 Å². The molecule has 0 heterocycles. The number of methoxy groups -OCH3 is 1. The molecule has 0 bridgehead atoms. The predicted molar refractivity (Wildman–Crippen MR) is 84.8 cm³/mol. The first-order chi connectivity index (χ1) is 10.3. The van der Waals surface area contributed by atoms with Gasteiger partial charge in [-0.15, -0.1) is 0 Å². The Bertz CT molecular complexity index is 537. The number of nitrogens with two attached hydrogens (primary N) is 1. The molecule has 0 saturated carbocycles. The highest BCUT2D eigenvalue weighted by atomic mass is 16.5. The van der Waals surface area contributed by atoms with Crippen LogP contribution in [0, 0.1) is 0 Å². The van der Waals surface area contributed by atoms with Crippen LogP contribution in [0.15, 0.2) is 48.5 Å². The highest BCUT2D eigenvalue weighted by molar-refractivity contribution is 5.32. The van der Waals surface area contributed by atoms with Gasteiger partial charge in [0.05, 0.1) is 20.3 Å². The van der Waals surface area contributed by atoms with E-state index in [1.54, 1.807) is 7.11 Å². The lowest BCUT2D eigenvalue weighted by atomic mass is 10.1. The zero-order chi connectivity index (χ0) is 14.9. The van der Waals surface area contributed by atoms with E-state index in [4.69, 9.17) is 9.47 Å². The summed E-state index contributed by atoms with van der Waals surface area (Å²) >= 11 is 0. The summed E-state index contributed by atoms with van der Waals surface area (Å²) in [5, 5.41) is 2.32. The van der Waals surface area contributed by atoms with Crippen molar-refractivity contribution in [3.8, 4) is 11.5 Å². The van der Waals surface area contributed by atoms with E-state index in [1.807, 2.05) is 31.2 Å². The minimum Gasteiger partial charge on any atom is -0.497 e. The molecule has 112 valence electrons. The topological polar surface area (TPSA) is 35.1 Å². The molecule has 0 spiro atoms. The van der Waals surface area contributed by atoms with Crippen LogP contribution in [0.3, 0.4) is 0 Å². The second-order valence-electron chi connectivity index (χ2n) is 4.92. The summed E-state index contributed by atoms with van der Waals surface area (Å²) in [6.45, 7) is 4.74. The standard InChI is InChI=1S/C18H23NO2/c1-3-21-18-7-5-4-6-16(18)14-19-13-12-15-8-10-17(20-2)11-9-15/h4-11,19H,3,12-14H2,1-2H3/p+1. The van der Waals surface area contributed by atoms with Crippen molar-refractivity contribution in [2.45, 2.75) is 19.9 Å². The maximum Gasteiger partial charge on any atom is 0.128 e. The molecule has 2 rings (SSSR count). The summed E-state index contributed by atoms with van der Waals surface area (Å²) in [7, 11) is 1.69. The first-order valence-corrected chi connectivity index (χ1v) is 7.48. The van der Waals surface area contributed by atoms with Crippen molar-refractivity contribution >= 4 is 0 Å². The maximum atomic E-state index is 5.64. The number of para-hydroxylation sites is 1. The van der Waals surface area contributed by atoms with Crippen LogP contribution in [-0.2, 0) is 13.0 Å². The van der Waals surface area contributed by atoms with E-state index in [0.717, 1.165) is 31.0 Å². The molecule has 0 atom stereocenters. The van der Waals surface area contributed by atoms with Crippen LogP contribution in [-0.4, -0.2) is 20.3 Å². The number of quaternary nitrogens is 1. The van der Waals surface area contributed by atoms with E-state index in [9.17, 15) is 0 Å². The molecule has 3 nitrogen and oxygen atoms in total. The van der Waals surface area contributed by atoms with Crippen molar-refractivity contribution in [3.05, 3.63) is 59.7 Å². The van der Waals surface area contributed by atoms with Gasteiger partial charge in [0.15, 0.2) is 0 Å². The van der Waals surface area contributed by atoms with Gasteiger partial charge in [-0.25, -0.2) is 0 Å². The van der Waals surface area contributed by atoms with Gasteiger partial charge in [0.25, 0.3) is 0 Å². The third-order valence-electron chi connectivity index (χ3n) is 3.43. The minimum absolute atomic E-state index is 0.711. The number of rotatable bonds is 8. The zero-order valence-electron chi connectivity index (χ0n) is 12.8. The lowest BCUT2D eigenvalue weighted by Gasteiger charge is -2.09. The van der Waals surface area contributed by atoms with Crippen molar-refractivity contribution in [1.29, 1.82) is 0 Å². The molecule has 21 heavy (non-hydrogen) atoms. The number of ether oxygens (including phenoxy) is 2. The summed E-state index contributed by atoms with van der Waals surface area (Å²) < 4.78 is 10.8.